The number of benzene rings is 1. The molecule has 0 radical (unpaired) electrons. The molecule has 1 rings (SSSR count). The Hall–Kier alpha value is -0.680. The van der Waals surface area contributed by atoms with E-state index in [0.29, 0.717) is 12.1 Å². The fourth-order valence-electron chi connectivity index (χ4n) is 0.999. The van der Waals surface area contributed by atoms with E-state index in [4.69, 9.17) is 0 Å². The van der Waals surface area contributed by atoms with Gasteiger partial charge in [0.15, 0.2) is 8.46 Å². The molecule has 0 heterocycles. The molecule has 0 N–H and O–H groups in total. The first-order valence-corrected chi connectivity index (χ1v) is 4.68. The van der Waals surface area contributed by atoms with Crippen LogP contribution in [0, 0.1) is 0 Å². The topological polar surface area (TPSA) is 17.1 Å². The maximum atomic E-state index is 10.3. The molecule has 1 unspecified atom stereocenters. The lowest BCUT2D eigenvalue weighted by Crippen LogP contribution is -1.92. The molecule has 1 nitrogen and oxygen atoms in total. The zero-order valence-corrected chi connectivity index (χ0v) is 7.42. The van der Waals surface area contributed by atoms with Gasteiger partial charge in [0, 0.05) is 6.16 Å². The SMILES string of the molecule is CC(CP=O)c1ccccc1. The van der Waals surface area contributed by atoms with E-state index in [1.165, 1.54) is 5.56 Å². The second-order valence-electron chi connectivity index (χ2n) is 2.62. The van der Waals surface area contributed by atoms with E-state index in [9.17, 15) is 4.57 Å². The minimum Gasteiger partial charge on any atom is -0.275 e. The van der Waals surface area contributed by atoms with E-state index >= 15 is 0 Å². The standard InChI is InChI=1S/C9H11OP/c1-8(7-11-10)9-5-3-2-4-6-9/h2-6,8H,7H2,1H3. The van der Waals surface area contributed by atoms with Gasteiger partial charge in [0.2, 0.25) is 0 Å². The van der Waals surface area contributed by atoms with E-state index in [0.717, 1.165) is 0 Å². The van der Waals surface area contributed by atoms with Crippen LogP contribution < -0.4 is 0 Å². The average molecular weight is 166 g/mol. The molecule has 0 aliphatic carbocycles. The van der Waals surface area contributed by atoms with E-state index < -0.39 is 0 Å². The van der Waals surface area contributed by atoms with Crippen molar-refractivity contribution >= 4 is 8.46 Å². The first-order valence-electron chi connectivity index (χ1n) is 3.68. The van der Waals surface area contributed by atoms with E-state index in [1.54, 1.807) is 0 Å². The van der Waals surface area contributed by atoms with Crippen molar-refractivity contribution in [3.8, 4) is 0 Å². The summed E-state index contributed by atoms with van der Waals surface area (Å²) < 4.78 is 10.3. The summed E-state index contributed by atoms with van der Waals surface area (Å²) in [5, 5.41) is 0. The summed E-state index contributed by atoms with van der Waals surface area (Å²) in [4.78, 5) is 0. The highest BCUT2D eigenvalue weighted by Gasteiger charge is 2.02. The largest absolute Gasteiger partial charge is 0.275 e. The molecule has 0 saturated carbocycles. The van der Waals surface area contributed by atoms with Crippen LogP contribution in [0.25, 0.3) is 0 Å². The van der Waals surface area contributed by atoms with Gasteiger partial charge >= 0.3 is 0 Å². The molecule has 1 aromatic rings. The molecule has 0 spiro atoms. The van der Waals surface area contributed by atoms with Crippen molar-refractivity contribution < 1.29 is 4.57 Å². The van der Waals surface area contributed by atoms with Crippen LogP contribution in [0.2, 0.25) is 0 Å². The van der Waals surface area contributed by atoms with Gasteiger partial charge in [-0.15, -0.1) is 0 Å². The molecule has 58 valence electrons. The van der Waals surface area contributed by atoms with Crippen molar-refractivity contribution in [3.05, 3.63) is 35.9 Å². The monoisotopic (exact) mass is 166 g/mol. The second kappa shape index (κ2) is 4.25. The van der Waals surface area contributed by atoms with Gasteiger partial charge in [0.25, 0.3) is 0 Å². The fourth-order valence-corrected chi connectivity index (χ4v) is 1.43. The molecule has 0 fully saturated rings. The summed E-state index contributed by atoms with van der Waals surface area (Å²) in [5.41, 5.74) is 1.26. The van der Waals surface area contributed by atoms with Gasteiger partial charge in [-0.1, -0.05) is 37.3 Å². The number of rotatable bonds is 3. The molecular formula is C9H11OP. The van der Waals surface area contributed by atoms with Gasteiger partial charge in [-0.25, -0.2) is 0 Å². The lowest BCUT2D eigenvalue weighted by atomic mass is 10.0. The van der Waals surface area contributed by atoms with Crippen LogP contribution in [-0.2, 0) is 4.57 Å². The van der Waals surface area contributed by atoms with Gasteiger partial charge in [-0.3, -0.25) is 4.57 Å². The summed E-state index contributed by atoms with van der Waals surface area (Å²) >= 11 is 0. The third-order valence-electron chi connectivity index (χ3n) is 1.72. The maximum Gasteiger partial charge on any atom is 0.155 e. The Labute approximate surface area is 68.6 Å². The highest BCUT2D eigenvalue weighted by Crippen LogP contribution is 2.17. The molecule has 0 aliphatic heterocycles. The minimum absolute atomic E-state index is 0.234. The lowest BCUT2D eigenvalue weighted by Gasteiger charge is -2.05. The lowest BCUT2D eigenvalue weighted by molar-refractivity contribution is 0.596. The third-order valence-corrected chi connectivity index (χ3v) is 2.41. The van der Waals surface area contributed by atoms with Crippen molar-refractivity contribution in [2.45, 2.75) is 12.8 Å². The summed E-state index contributed by atoms with van der Waals surface area (Å²) in [7, 11) is 0.234. The molecule has 0 aliphatic rings. The van der Waals surface area contributed by atoms with Crippen LogP contribution >= 0.6 is 8.46 Å². The van der Waals surface area contributed by atoms with E-state index in [1.807, 2.05) is 18.2 Å². The summed E-state index contributed by atoms with van der Waals surface area (Å²) in [6.45, 7) is 2.08. The first-order chi connectivity index (χ1) is 5.34. The van der Waals surface area contributed by atoms with Crippen LogP contribution in [0.4, 0.5) is 0 Å². The molecule has 0 amide bonds. The molecule has 11 heavy (non-hydrogen) atoms. The van der Waals surface area contributed by atoms with E-state index in [2.05, 4.69) is 19.1 Å². The Morgan fingerprint density at radius 2 is 2.00 bits per heavy atom. The van der Waals surface area contributed by atoms with Gasteiger partial charge in [0.1, 0.15) is 0 Å². The highest BCUT2D eigenvalue weighted by atomic mass is 31.1. The summed E-state index contributed by atoms with van der Waals surface area (Å²) in [5.74, 6) is 0.398. The second-order valence-corrected chi connectivity index (χ2v) is 3.25. The van der Waals surface area contributed by atoms with Crippen LogP contribution in [0.5, 0.6) is 0 Å². The van der Waals surface area contributed by atoms with Gasteiger partial charge in [-0.05, 0) is 11.5 Å². The quantitative estimate of drug-likeness (QED) is 0.630. The Balaban J connectivity index is 2.68. The van der Waals surface area contributed by atoms with Crippen molar-refractivity contribution in [2.24, 2.45) is 0 Å². The van der Waals surface area contributed by atoms with Crippen LogP contribution in [0.15, 0.2) is 30.3 Å². The molecule has 0 saturated heterocycles. The normalized spacial score (nSPS) is 13.2. The molecule has 1 aromatic carbocycles. The Bertz CT molecular complexity index is 220. The van der Waals surface area contributed by atoms with E-state index in [-0.39, 0.29) is 8.46 Å². The summed E-state index contributed by atoms with van der Waals surface area (Å²) in [6.07, 6.45) is 0.712. The van der Waals surface area contributed by atoms with Gasteiger partial charge < -0.3 is 0 Å². The molecule has 1 atom stereocenters. The highest BCUT2D eigenvalue weighted by molar-refractivity contribution is 7.23. The van der Waals surface area contributed by atoms with Crippen LogP contribution in [-0.4, -0.2) is 6.16 Å². The third kappa shape index (κ3) is 2.44. The average Bonchev–Trinajstić information content (AvgIpc) is 2.07. The Morgan fingerprint density at radius 3 is 2.55 bits per heavy atom. The molecule has 0 aromatic heterocycles. The zero-order chi connectivity index (χ0) is 8.10. The van der Waals surface area contributed by atoms with Gasteiger partial charge in [0.05, 0.1) is 0 Å². The van der Waals surface area contributed by atoms with Gasteiger partial charge in [-0.2, -0.15) is 0 Å². The minimum atomic E-state index is 0.234. The van der Waals surface area contributed by atoms with Crippen LogP contribution in [0.1, 0.15) is 18.4 Å². The van der Waals surface area contributed by atoms with Crippen molar-refractivity contribution in [2.75, 3.05) is 6.16 Å². The van der Waals surface area contributed by atoms with Crippen molar-refractivity contribution in [3.63, 3.8) is 0 Å². The van der Waals surface area contributed by atoms with Crippen molar-refractivity contribution in [1.29, 1.82) is 0 Å². The molecule has 0 bridgehead atoms. The molecule has 2 heteroatoms. The Morgan fingerprint density at radius 1 is 1.36 bits per heavy atom. The predicted molar refractivity (Wildman–Crippen MR) is 47.3 cm³/mol. The Kier molecular flexibility index (Phi) is 3.25. The van der Waals surface area contributed by atoms with Crippen molar-refractivity contribution in [1.82, 2.24) is 0 Å². The number of hydrogen-bond acceptors (Lipinski definition) is 1. The zero-order valence-electron chi connectivity index (χ0n) is 6.53. The first kappa shape index (κ1) is 8.42. The fraction of sp³-hybridized carbons (Fsp3) is 0.333. The summed E-state index contributed by atoms with van der Waals surface area (Å²) in [6, 6.07) is 10.1. The maximum absolute atomic E-state index is 10.3. The molecular weight excluding hydrogens is 155 g/mol. The predicted octanol–water partition coefficient (Wildman–Crippen LogP) is 3.08. The number of hydrogen-bond donors (Lipinski definition) is 0. The van der Waals surface area contributed by atoms with Crippen LogP contribution in [0.3, 0.4) is 0 Å². The smallest absolute Gasteiger partial charge is 0.155 e.